The molecular weight excluding hydrogens is 396 g/mol. The number of rotatable bonds is 5. The highest BCUT2D eigenvalue weighted by Gasteiger charge is 2.56. The predicted molar refractivity (Wildman–Crippen MR) is 118 cm³/mol. The first-order valence-electron chi connectivity index (χ1n) is 10.6. The van der Waals surface area contributed by atoms with Gasteiger partial charge in [0.2, 0.25) is 0 Å². The fourth-order valence-corrected chi connectivity index (χ4v) is 9.23. The Morgan fingerprint density at radius 1 is 0.933 bits per heavy atom. The van der Waals surface area contributed by atoms with Gasteiger partial charge in [0, 0.05) is 0 Å². The highest BCUT2D eigenvalue weighted by Crippen LogP contribution is 2.40. The van der Waals surface area contributed by atoms with Crippen molar-refractivity contribution in [3.8, 4) is 0 Å². The lowest BCUT2D eigenvalue weighted by atomic mass is 10.1. The van der Waals surface area contributed by atoms with Crippen LogP contribution in [0.5, 0.6) is 0 Å². The molecule has 0 unspecified atom stereocenters. The molecule has 2 aliphatic rings. The SMILES string of the molecule is CC1(C)O[C@@H]2O[C@H](CO[Si](c3ccccc3)(c3ccccc3)C(C)(C)C)[C@@H](O)[C@H]2O1. The number of fused-ring (bicyclic) bond motifs is 1. The zero-order chi connectivity index (χ0) is 21.6. The summed E-state index contributed by atoms with van der Waals surface area (Å²) >= 11 is 0. The van der Waals surface area contributed by atoms with Crippen LogP contribution in [-0.2, 0) is 18.6 Å². The third-order valence-electron chi connectivity index (χ3n) is 6.00. The van der Waals surface area contributed by atoms with Gasteiger partial charge in [-0.2, -0.15) is 0 Å². The zero-order valence-corrected chi connectivity index (χ0v) is 19.4. The second kappa shape index (κ2) is 7.86. The van der Waals surface area contributed by atoms with E-state index in [1.807, 2.05) is 26.0 Å². The summed E-state index contributed by atoms with van der Waals surface area (Å²) in [5, 5.41) is 13.1. The van der Waals surface area contributed by atoms with Gasteiger partial charge in [-0.3, -0.25) is 0 Å². The quantitative estimate of drug-likeness (QED) is 0.742. The van der Waals surface area contributed by atoms with Crippen molar-refractivity contribution in [1.29, 1.82) is 0 Å². The molecule has 0 bridgehead atoms. The lowest BCUT2D eigenvalue weighted by molar-refractivity contribution is -0.217. The first-order chi connectivity index (χ1) is 14.1. The van der Waals surface area contributed by atoms with Gasteiger partial charge in [-0.05, 0) is 29.3 Å². The van der Waals surface area contributed by atoms with E-state index in [4.69, 9.17) is 18.6 Å². The van der Waals surface area contributed by atoms with Gasteiger partial charge >= 0.3 is 0 Å². The Bertz CT molecular complexity index is 809. The van der Waals surface area contributed by atoms with Gasteiger partial charge in [-0.25, -0.2) is 0 Å². The maximum Gasteiger partial charge on any atom is 0.261 e. The molecule has 2 aromatic rings. The minimum Gasteiger partial charge on any atom is -0.405 e. The Kier molecular flexibility index (Phi) is 5.68. The van der Waals surface area contributed by atoms with Crippen molar-refractivity contribution in [1.82, 2.24) is 0 Å². The van der Waals surface area contributed by atoms with Gasteiger partial charge in [-0.1, -0.05) is 81.4 Å². The lowest BCUT2D eigenvalue weighted by Crippen LogP contribution is -2.67. The minimum atomic E-state index is -2.68. The van der Waals surface area contributed by atoms with Crippen molar-refractivity contribution >= 4 is 18.7 Å². The summed E-state index contributed by atoms with van der Waals surface area (Å²) in [5.74, 6) is -0.750. The van der Waals surface area contributed by atoms with E-state index < -0.39 is 38.7 Å². The molecule has 0 amide bonds. The molecular formula is C24H32O5Si. The summed E-state index contributed by atoms with van der Waals surface area (Å²) in [6.07, 6.45) is -2.36. The highest BCUT2D eigenvalue weighted by molar-refractivity contribution is 6.99. The number of aliphatic hydroxyl groups is 1. The largest absolute Gasteiger partial charge is 0.405 e. The third kappa shape index (κ3) is 3.77. The van der Waals surface area contributed by atoms with Crippen LogP contribution in [0.15, 0.2) is 60.7 Å². The first-order valence-corrected chi connectivity index (χ1v) is 12.5. The van der Waals surface area contributed by atoms with Crippen molar-refractivity contribution in [2.45, 2.75) is 70.0 Å². The average Bonchev–Trinajstić information content (AvgIpc) is 3.15. The van der Waals surface area contributed by atoms with E-state index in [0.717, 1.165) is 0 Å². The van der Waals surface area contributed by atoms with Crippen molar-refractivity contribution in [2.75, 3.05) is 6.61 Å². The minimum absolute atomic E-state index is 0.135. The maximum absolute atomic E-state index is 10.8. The van der Waals surface area contributed by atoms with Crippen LogP contribution in [0.25, 0.3) is 0 Å². The first kappa shape index (κ1) is 21.7. The predicted octanol–water partition coefficient (Wildman–Crippen LogP) is 2.80. The Balaban J connectivity index is 1.65. The van der Waals surface area contributed by atoms with E-state index >= 15 is 0 Å². The monoisotopic (exact) mass is 428 g/mol. The van der Waals surface area contributed by atoms with E-state index in [1.54, 1.807) is 0 Å². The molecule has 5 nitrogen and oxygen atoms in total. The van der Waals surface area contributed by atoms with E-state index in [9.17, 15) is 5.11 Å². The van der Waals surface area contributed by atoms with Crippen LogP contribution >= 0.6 is 0 Å². The van der Waals surface area contributed by atoms with Crippen LogP contribution in [-0.4, -0.2) is 50.4 Å². The Morgan fingerprint density at radius 3 is 1.93 bits per heavy atom. The van der Waals surface area contributed by atoms with Crippen LogP contribution in [0.4, 0.5) is 0 Å². The molecule has 6 heteroatoms. The fraction of sp³-hybridized carbons (Fsp3) is 0.500. The molecule has 2 saturated heterocycles. The summed E-state index contributed by atoms with van der Waals surface area (Å²) in [7, 11) is -2.68. The summed E-state index contributed by atoms with van der Waals surface area (Å²) in [4.78, 5) is 0. The standard InChI is InChI=1S/C24H32O5Si/c1-23(2,3)30(17-12-8-6-9-13-17,18-14-10-7-11-15-18)26-16-19-20(25)21-22(27-19)29-24(4,5)28-21/h6-15,19-22,25H,16H2,1-5H3/t19-,20-,21-,22+/m1/s1. The van der Waals surface area contributed by atoms with Crippen molar-refractivity contribution in [3.05, 3.63) is 60.7 Å². The van der Waals surface area contributed by atoms with E-state index in [0.29, 0.717) is 0 Å². The summed E-state index contributed by atoms with van der Waals surface area (Å²) in [5.41, 5.74) is 0. The van der Waals surface area contributed by atoms with Crippen LogP contribution < -0.4 is 10.4 Å². The average molecular weight is 429 g/mol. The van der Waals surface area contributed by atoms with E-state index in [1.165, 1.54) is 10.4 Å². The van der Waals surface area contributed by atoms with Crippen molar-refractivity contribution < 1.29 is 23.7 Å². The second-order valence-electron chi connectivity index (χ2n) is 9.61. The van der Waals surface area contributed by atoms with Crippen LogP contribution in [0.3, 0.4) is 0 Å². The molecule has 0 saturated carbocycles. The van der Waals surface area contributed by atoms with Crippen LogP contribution in [0.2, 0.25) is 5.04 Å². The molecule has 0 aliphatic carbocycles. The van der Waals surface area contributed by atoms with E-state index in [-0.39, 0.29) is 11.6 Å². The third-order valence-corrected chi connectivity index (χ3v) is 11.0. The molecule has 1 N–H and O–H groups in total. The lowest BCUT2D eigenvalue weighted by Gasteiger charge is -2.43. The van der Waals surface area contributed by atoms with Crippen LogP contribution in [0.1, 0.15) is 34.6 Å². The van der Waals surface area contributed by atoms with Crippen molar-refractivity contribution in [3.63, 3.8) is 0 Å². The molecule has 2 aromatic carbocycles. The van der Waals surface area contributed by atoms with Gasteiger partial charge < -0.3 is 23.7 Å². The second-order valence-corrected chi connectivity index (χ2v) is 13.9. The molecule has 0 aromatic heterocycles. The Morgan fingerprint density at radius 2 is 1.47 bits per heavy atom. The normalized spacial score (nSPS) is 28.5. The van der Waals surface area contributed by atoms with E-state index in [2.05, 4.69) is 69.3 Å². The van der Waals surface area contributed by atoms with Crippen molar-refractivity contribution in [2.24, 2.45) is 0 Å². The number of ether oxygens (including phenoxy) is 3. The summed E-state index contributed by atoms with van der Waals surface area (Å²) in [6.45, 7) is 10.6. The van der Waals surface area contributed by atoms with Gasteiger partial charge in [-0.15, -0.1) is 0 Å². The van der Waals surface area contributed by atoms with Gasteiger partial charge in [0.25, 0.3) is 8.32 Å². The summed E-state index contributed by atoms with van der Waals surface area (Å²) < 4.78 is 24.5. The molecule has 0 radical (unpaired) electrons. The molecule has 30 heavy (non-hydrogen) atoms. The molecule has 4 rings (SSSR count). The van der Waals surface area contributed by atoms with Gasteiger partial charge in [0.1, 0.15) is 18.3 Å². The van der Waals surface area contributed by atoms with Gasteiger partial charge in [0.15, 0.2) is 12.1 Å². The van der Waals surface area contributed by atoms with Crippen LogP contribution in [0, 0.1) is 0 Å². The molecule has 4 atom stereocenters. The Labute approximate surface area is 180 Å². The molecule has 2 fully saturated rings. The van der Waals surface area contributed by atoms with Gasteiger partial charge in [0.05, 0.1) is 6.61 Å². The molecule has 2 heterocycles. The number of benzene rings is 2. The number of hydrogen-bond acceptors (Lipinski definition) is 5. The smallest absolute Gasteiger partial charge is 0.261 e. The molecule has 162 valence electrons. The zero-order valence-electron chi connectivity index (χ0n) is 18.4. The molecule has 0 spiro atoms. The maximum atomic E-state index is 10.8. The molecule has 2 aliphatic heterocycles. The number of aliphatic hydroxyl groups excluding tert-OH is 1. The Hall–Kier alpha value is -1.54. The number of hydrogen-bond donors (Lipinski definition) is 1. The topological polar surface area (TPSA) is 57.2 Å². The fourth-order valence-electron chi connectivity index (χ4n) is 4.66. The summed E-state index contributed by atoms with van der Waals surface area (Å²) in [6, 6.07) is 20.9. The highest BCUT2D eigenvalue weighted by atomic mass is 28.4.